The molecule has 1 saturated heterocycles. The predicted molar refractivity (Wildman–Crippen MR) is 76.5 cm³/mol. The second kappa shape index (κ2) is 6.06. The summed E-state index contributed by atoms with van der Waals surface area (Å²) in [7, 11) is 3.46. The molecule has 0 aliphatic carbocycles. The Morgan fingerprint density at radius 2 is 2.21 bits per heavy atom. The summed E-state index contributed by atoms with van der Waals surface area (Å²) >= 11 is 0. The van der Waals surface area contributed by atoms with Crippen molar-refractivity contribution in [2.75, 3.05) is 32.1 Å². The number of hydrogen-bond acceptors (Lipinski definition) is 3. The van der Waals surface area contributed by atoms with Crippen LogP contribution in [0.25, 0.3) is 0 Å². The molecule has 19 heavy (non-hydrogen) atoms. The molecule has 1 N–H and O–H groups in total. The van der Waals surface area contributed by atoms with Crippen molar-refractivity contribution in [3.05, 3.63) is 24.3 Å². The lowest BCUT2D eigenvalue weighted by Gasteiger charge is -2.30. The lowest BCUT2D eigenvalue weighted by atomic mass is 9.91. The van der Waals surface area contributed by atoms with Crippen LogP contribution in [-0.4, -0.2) is 33.2 Å². The molecular weight excluding hydrogens is 240 g/mol. The van der Waals surface area contributed by atoms with Crippen LogP contribution in [0.15, 0.2) is 24.3 Å². The largest absolute Gasteiger partial charge is 0.497 e. The minimum atomic E-state index is 0.0694. The smallest absolute Gasteiger partial charge is 0.231 e. The Labute approximate surface area is 114 Å². The molecule has 0 spiro atoms. The van der Waals surface area contributed by atoms with E-state index in [0.29, 0.717) is 5.92 Å². The zero-order valence-electron chi connectivity index (χ0n) is 11.8. The van der Waals surface area contributed by atoms with E-state index < -0.39 is 0 Å². The number of anilines is 1. The van der Waals surface area contributed by atoms with E-state index in [9.17, 15) is 4.79 Å². The monoisotopic (exact) mass is 262 g/mol. The molecule has 2 atom stereocenters. The second-order valence-electron chi connectivity index (χ2n) is 5.29. The van der Waals surface area contributed by atoms with Crippen LogP contribution in [0.1, 0.15) is 13.3 Å². The van der Waals surface area contributed by atoms with Crippen LogP contribution in [-0.2, 0) is 4.79 Å². The molecule has 2 unspecified atom stereocenters. The first-order valence-electron chi connectivity index (χ1n) is 6.74. The Balaban J connectivity index is 2.09. The summed E-state index contributed by atoms with van der Waals surface area (Å²) in [5.74, 6) is 1.57. The number of amides is 1. The summed E-state index contributed by atoms with van der Waals surface area (Å²) in [6.45, 7) is 3.96. The lowest BCUT2D eigenvalue weighted by Crippen LogP contribution is -2.44. The van der Waals surface area contributed by atoms with Gasteiger partial charge in [-0.15, -0.1) is 0 Å². The van der Waals surface area contributed by atoms with Gasteiger partial charge in [0.25, 0.3) is 0 Å². The number of carbonyl (C=O) groups excluding carboxylic acids is 1. The van der Waals surface area contributed by atoms with Crippen LogP contribution in [0, 0.1) is 11.8 Å². The molecule has 0 aromatic heterocycles. The maximum absolute atomic E-state index is 12.5. The number of methoxy groups -OCH3 is 1. The van der Waals surface area contributed by atoms with Crippen molar-refractivity contribution in [1.82, 2.24) is 5.32 Å². The van der Waals surface area contributed by atoms with Gasteiger partial charge in [0.05, 0.1) is 13.0 Å². The van der Waals surface area contributed by atoms with Gasteiger partial charge in [-0.05, 0) is 31.0 Å². The Bertz CT molecular complexity index is 448. The summed E-state index contributed by atoms with van der Waals surface area (Å²) in [5, 5.41) is 3.32. The third kappa shape index (κ3) is 3.26. The van der Waals surface area contributed by atoms with Crippen LogP contribution < -0.4 is 15.0 Å². The molecule has 4 heteroatoms. The third-order valence-corrected chi connectivity index (χ3v) is 3.69. The van der Waals surface area contributed by atoms with E-state index in [2.05, 4.69) is 12.2 Å². The molecule has 2 rings (SSSR count). The van der Waals surface area contributed by atoms with Crippen molar-refractivity contribution in [3.63, 3.8) is 0 Å². The Hall–Kier alpha value is -1.55. The van der Waals surface area contributed by atoms with Gasteiger partial charge >= 0.3 is 0 Å². The first kappa shape index (κ1) is 13.9. The Morgan fingerprint density at radius 1 is 1.42 bits per heavy atom. The van der Waals surface area contributed by atoms with Gasteiger partial charge < -0.3 is 15.0 Å². The zero-order valence-corrected chi connectivity index (χ0v) is 11.8. The fourth-order valence-electron chi connectivity index (χ4n) is 2.56. The van der Waals surface area contributed by atoms with Crippen molar-refractivity contribution in [2.24, 2.45) is 11.8 Å². The second-order valence-corrected chi connectivity index (χ2v) is 5.29. The molecule has 0 radical (unpaired) electrons. The highest BCUT2D eigenvalue weighted by atomic mass is 16.5. The average Bonchev–Trinajstić information content (AvgIpc) is 2.45. The normalized spacial score (nSPS) is 22.9. The number of piperidine rings is 1. The number of benzene rings is 1. The van der Waals surface area contributed by atoms with Gasteiger partial charge in [-0.25, -0.2) is 0 Å². The zero-order chi connectivity index (χ0) is 13.8. The summed E-state index contributed by atoms with van der Waals surface area (Å²) < 4.78 is 5.20. The van der Waals surface area contributed by atoms with Gasteiger partial charge in [0, 0.05) is 25.3 Å². The van der Waals surface area contributed by atoms with Gasteiger partial charge in [-0.3, -0.25) is 4.79 Å². The van der Waals surface area contributed by atoms with Gasteiger partial charge in [0.15, 0.2) is 0 Å². The molecule has 1 aromatic carbocycles. The molecule has 1 aromatic rings. The van der Waals surface area contributed by atoms with E-state index in [1.807, 2.05) is 31.3 Å². The topological polar surface area (TPSA) is 41.6 Å². The molecule has 1 fully saturated rings. The predicted octanol–water partition coefficient (Wildman–Crippen LogP) is 1.90. The molecule has 0 bridgehead atoms. The minimum Gasteiger partial charge on any atom is -0.497 e. The summed E-state index contributed by atoms with van der Waals surface area (Å²) in [6, 6.07) is 7.60. The van der Waals surface area contributed by atoms with Gasteiger partial charge in [0.2, 0.25) is 5.91 Å². The number of carbonyl (C=O) groups is 1. The minimum absolute atomic E-state index is 0.0694. The Morgan fingerprint density at radius 3 is 2.89 bits per heavy atom. The molecule has 1 aliphatic heterocycles. The van der Waals surface area contributed by atoms with Crippen molar-refractivity contribution in [1.29, 1.82) is 0 Å². The summed E-state index contributed by atoms with van der Waals surface area (Å²) in [4.78, 5) is 14.2. The number of ether oxygens (including phenoxy) is 1. The van der Waals surface area contributed by atoms with E-state index >= 15 is 0 Å². The van der Waals surface area contributed by atoms with Gasteiger partial charge in [-0.2, -0.15) is 0 Å². The average molecular weight is 262 g/mol. The van der Waals surface area contributed by atoms with Crippen LogP contribution in [0.5, 0.6) is 5.75 Å². The highest BCUT2D eigenvalue weighted by Gasteiger charge is 2.27. The molecule has 1 aliphatic rings. The highest BCUT2D eigenvalue weighted by molar-refractivity contribution is 5.94. The van der Waals surface area contributed by atoms with Gasteiger partial charge in [0.1, 0.15) is 5.75 Å². The maximum atomic E-state index is 12.5. The number of nitrogens with zero attached hydrogens (tertiary/aromatic N) is 1. The van der Waals surface area contributed by atoms with Crippen LogP contribution in [0.4, 0.5) is 5.69 Å². The van der Waals surface area contributed by atoms with Gasteiger partial charge in [-0.1, -0.05) is 13.0 Å². The quantitative estimate of drug-likeness (QED) is 0.904. The first-order valence-corrected chi connectivity index (χ1v) is 6.74. The van der Waals surface area contributed by atoms with Crippen molar-refractivity contribution in [2.45, 2.75) is 13.3 Å². The SMILES string of the molecule is COc1cccc(N(C)C(=O)C2CNCC(C)C2)c1. The summed E-state index contributed by atoms with van der Waals surface area (Å²) in [6.07, 6.45) is 0.958. The number of nitrogens with one attached hydrogen (secondary N) is 1. The molecule has 1 amide bonds. The third-order valence-electron chi connectivity index (χ3n) is 3.69. The Kier molecular flexibility index (Phi) is 4.43. The van der Waals surface area contributed by atoms with E-state index in [-0.39, 0.29) is 11.8 Å². The van der Waals surface area contributed by atoms with E-state index in [1.54, 1.807) is 12.0 Å². The molecule has 104 valence electrons. The van der Waals surface area contributed by atoms with Crippen LogP contribution in [0.3, 0.4) is 0 Å². The molecule has 0 saturated carbocycles. The molecule has 4 nitrogen and oxygen atoms in total. The summed E-state index contributed by atoms with van der Waals surface area (Å²) in [5.41, 5.74) is 0.877. The first-order chi connectivity index (χ1) is 9.11. The van der Waals surface area contributed by atoms with Crippen LogP contribution >= 0.6 is 0 Å². The standard InChI is InChI=1S/C15H22N2O2/c1-11-7-12(10-16-9-11)15(18)17(2)13-5-4-6-14(8-13)19-3/h4-6,8,11-12,16H,7,9-10H2,1-3H3. The van der Waals surface area contributed by atoms with E-state index in [1.165, 1.54) is 0 Å². The van der Waals surface area contributed by atoms with Crippen molar-refractivity contribution >= 4 is 11.6 Å². The van der Waals surface area contributed by atoms with E-state index in [4.69, 9.17) is 4.74 Å². The lowest BCUT2D eigenvalue weighted by molar-refractivity contribution is -0.123. The fourth-order valence-corrected chi connectivity index (χ4v) is 2.56. The van der Waals surface area contributed by atoms with E-state index in [0.717, 1.165) is 30.9 Å². The molecular formula is C15H22N2O2. The fraction of sp³-hybridized carbons (Fsp3) is 0.533. The number of hydrogen-bond donors (Lipinski definition) is 1. The maximum Gasteiger partial charge on any atom is 0.231 e. The van der Waals surface area contributed by atoms with Crippen molar-refractivity contribution in [3.8, 4) is 5.75 Å². The highest BCUT2D eigenvalue weighted by Crippen LogP contribution is 2.24. The number of rotatable bonds is 3. The van der Waals surface area contributed by atoms with Crippen LogP contribution in [0.2, 0.25) is 0 Å². The molecule has 1 heterocycles. The van der Waals surface area contributed by atoms with Crippen molar-refractivity contribution < 1.29 is 9.53 Å².